The molecule has 4 rings (SSSR count). The van der Waals surface area contributed by atoms with Gasteiger partial charge >= 0.3 is 0 Å². The van der Waals surface area contributed by atoms with Gasteiger partial charge in [-0.2, -0.15) is 0 Å². The Morgan fingerprint density at radius 2 is 1.23 bits per heavy atom. The maximum absolute atomic E-state index is 6.64. The summed E-state index contributed by atoms with van der Waals surface area (Å²) in [4.78, 5) is 3.30. The van der Waals surface area contributed by atoms with E-state index in [0.29, 0.717) is 6.54 Å². The zero-order valence-corrected chi connectivity index (χ0v) is 21.9. The van der Waals surface area contributed by atoms with Gasteiger partial charge in [0, 0.05) is 11.3 Å². The minimum atomic E-state index is 0.502. The van der Waals surface area contributed by atoms with Crippen LogP contribution in [0.15, 0.2) is 97.1 Å². The fourth-order valence-electron chi connectivity index (χ4n) is 3.00. The second-order valence-corrected chi connectivity index (χ2v) is 8.34. The van der Waals surface area contributed by atoms with E-state index < -0.39 is 0 Å². The molecule has 2 N–H and O–H groups in total. The Morgan fingerprint density at radius 3 is 1.66 bits per heavy atom. The molecule has 0 fully saturated rings. The third kappa shape index (κ3) is 13.3. The van der Waals surface area contributed by atoms with E-state index in [1.54, 1.807) is 7.11 Å². The van der Waals surface area contributed by atoms with Crippen molar-refractivity contribution < 1.29 is 4.74 Å². The first-order valence-corrected chi connectivity index (χ1v) is 11.6. The van der Waals surface area contributed by atoms with Crippen LogP contribution < -0.4 is 10.5 Å². The van der Waals surface area contributed by atoms with Gasteiger partial charge in [0.2, 0.25) is 6.54 Å². The normalized spacial score (nSPS) is 9.06. The van der Waals surface area contributed by atoms with Crippen LogP contribution in [0.3, 0.4) is 0 Å². The number of nitrogens with two attached hydrogens (primary N) is 1. The molecule has 0 bridgehead atoms. The van der Waals surface area contributed by atoms with Gasteiger partial charge < -0.3 is 15.3 Å². The Hall–Kier alpha value is -4.03. The van der Waals surface area contributed by atoms with Gasteiger partial charge in [-0.15, -0.1) is 0 Å². The molecule has 0 radical (unpaired) electrons. The lowest BCUT2D eigenvalue weighted by Gasteiger charge is -1.98. The van der Waals surface area contributed by atoms with Crippen LogP contribution >= 0.6 is 0 Å². The molecule has 0 spiro atoms. The van der Waals surface area contributed by atoms with Crippen LogP contribution in [-0.2, 0) is 6.54 Å². The Balaban J connectivity index is 0.000000235. The monoisotopic (exact) mass is 466 g/mol. The molecule has 0 atom stereocenters. The predicted molar refractivity (Wildman–Crippen MR) is 151 cm³/mol. The number of nitrogens with zero attached hydrogens (tertiary/aromatic N) is 1. The molecular weight excluding hydrogens is 428 g/mol. The largest absolute Gasteiger partial charge is 0.497 e. The Labute approximate surface area is 212 Å². The van der Waals surface area contributed by atoms with Crippen molar-refractivity contribution in [2.75, 3.05) is 12.8 Å². The second-order valence-electron chi connectivity index (χ2n) is 8.34. The fourth-order valence-corrected chi connectivity index (χ4v) is 3.00. The summed E-state index contributed by atoms with van der Waals surface area (Å²) >= 11 is 0. The number of benzene rings is 4. The van der Waals surface area contributed by atoms with Crippen molar-refractivity contribution in [3.8, 4) is 5.75 Å². The molecule has 0 aliphatic heterocycles. The number of rotatable bonds is 2. The Kier molecular flexibility index (Phi) is 13.7. The van der Waals surface area contributed by atoms with E-state index in [1.165, 1.54) is 22.3 Å². The highest BCUT2D eigenvalue weighted by Gasteiger charge is 1.92. The lowest BCUT2D eigenvalue weighted by atomic mass is 10.1. The Morgan fingerprint density at radius 1 is 0.657 bits per heavy atom. The van der Waals surface area contributed by atoms with Crippen LogP contribution in [0.1, 0.15) is 33.4 Å². The molecule has 35 heavy (non-hydrogen) atoms. The molecule has 0 aliphatic rings. The molecule has 0 amide bonds. The number of aryl methyl sites for hydroxylation is 5. The summed E-state index contributed by atoms with van der Waals surface area (Å²) in [6.07, 6.45) is 0. The topological polar surface area (TPSA) is 39.6 Å². The summed E-state index contributed by atoms with van der Waals surface area (Å²) in [5.41, 5.74) is 13.8. The van der Waals surface area contributed by atoms with Crippen LogP contribution in [0.2, 0.25) is 0 Å². The molecule has 0 aromatic heterocycles. The third-order valence-electron chi connectivity index (χ3n) is 4.94. The van der Waals surface area contributed by atoms with Crippen LogP contribution in [-0.4, -0.2) is 7.11 Å². The average Bonchev–Trinajstić information content (AvgIpc) is 2.84. The average molecular weight is 467 g/mol. The second kappa shape index (κ2) is 16.6. The lowest BCUT2D eigenvalue weighted by molar-refractivity contribution is 0.414. The molecule has 0 unspecified atom stereocenters. The first-order valence-electron chi connectivity index (χ1n) is 11.6. The van der Waals surface area contributed by atoms with E-state index in [0.717, 1.165) is 22.6 Å². The third-order valence-corrected chi connectivity index (χ3v) is 4.94. The quantitative estimate of drug-likeness (QED) is 0.238. The van der Waals surface area contributed by atoms with E-state index in [9.17, 15) is 0 Å². The van der Waals surface area contributed by atoms with Crippen molar-refractivity contribution in [3.63, 3.8) is 0 Å². The summed E-state index contributed by atoms with van der Waals surface area (Å²) in [5.74, 6) is 0.926. The van der Waals surface area contributed by atoms with Crippen molar-refractivity contribution in [3.05, 3.63) is 142 Å². The number of nitrogen functional groups attached to an aromatic ring is 1. The van der Waals surface area contributed by atoms with Crippen molar-refractivity contribution in [1.82, 2.24) is 0 Å². The van der Waals surface area contributed by atoms with Gasteiger partial charge in [0.05, 0.1) is 7.11 Å². The molecule has 0 aliphatic carbocycles. The number of anilines is 1. The van der Waals surface area contributed by atoms with Crippen molar-refractivity contribution >= 4 is 5.69 Å². The molecule has 4 aromatic carbocycles. The van der Waals surface area contributed by atoms with Crippen molar-refractivity contribution in [1.29, 1.82) is 0 Å². The molecule has 182 valence electrons. The number of methoxy groups -OCH3 is 1. The molecular formula is C32H38N2O. The maximum Gasteiger partial charge on any atom is 0.239 e. The first-order chi connectivity index (χ1) is 16.7. The summed E-state index contributed by atoms with van der Waals surface area (Å²) in [6, 6.07) is 32.3. The van der Waals surface area contributed by atoms with Gasteiger partial charge in [-0.25, -0.2) is 6.57 Å². The van der Waals surface area contributed by atoms with Crippen LogP contribution in [0, 0.1) is 41.2 Å². The molecule has 0 heterocycles. The lowest BCUT2D eigenvalue weighted by Crippen LogP contribution is -1.88. The van der Waals surface area contributed by atoms with Gasteiger partial charge in [-0.1, -0.05) is 89.5 Å². The van der Waals surface area contributed by atoms with E-state index in [1.807, 2.05) is 99.6 Å². The van der Waals surface area contributed by atoms with Gasteiger partial charge in [-0.05, 0) is 70.0 Å². The summed E-state index contributed by atoms with van der Waals surface area (Å²) in [7, 11) is 1.68. The Bertz CT molecular complexity index is 1180. The van der Waals surface area contributed by atoms with E-state index in [2.05, 4.69) is 36.9 Å². The summed E-state index contributed by atoms with van der Waals surface area (Å²) in [5, 5.41) is 0. The minimum Gasteiger partial charge on any atom is -0.497 e. The molecule has 3 nitrogen and oxygen atoms in total. The van der Waals surface area contributed by atoms with Crippen LogP contribution in [0.25, 0.3) is 4.85 Å². The SMILES string of the molecule is COc1cccc(C)c1.Cc1ccc(N)c(C)c1.Cc1ccccc1.[C-]#[N+]Cc1cccc(C)c1. The smallest absolute Gasteiger partial charge is 0.239 e. The van der Waals surface area contributed by atoms with Crippen molar-refractivity contribution in [2.45, 2.75) is 41.2 Å². The van der Waals surface area contributed by atoms with Crippen molar-refractivity contribution in [2.24, 2.45) is 0 Å². The molecule has 4 aromatic rings. The van der Waals surface area contributed by atoms with E-state index in [-0.39, 0.29) is 0 Å². The number of ether oxygens (including phenoxy) is 1. The molecule has 0 saturated carbocycles. The summed E-state index contributed by atoms with van der Waals surface area (Å²) < 4.78 is 5.00. The van der Waals surface area contributed by atoms with Gasteiger partial charge in [0.25, 0.3) is 0 Å². The van der Waals surface area contributed by atoms with E-state index in [4.69, 9.17) is 17.0 Å². The summed E-state index contributed by atoms with van der Waals surface area (Å²) in [6.45, 7) is 17.4. The van der Waals surface area contributed by atoms with E-state index >= 15 is 0 Å². The van der Waals surface area contributed by atoms with Crippen LogP contribution in [0.4, 0.5) is 5.69 Å². The minimum absolute atomic E-state index is 0.502. The first kappa shape index (κ1) is 29.0. The maximum atomic E-state index is 6.64. The highest BCUT2D eigenvalue weighted by atomic mass is 16.5. The molecule has 0 saturated heterocycles. The highest BCUT2D eigenvalue weighted by molar-refractivity contribution is 5.47. The van der Waals surface area contributed by atoms with Crippen LogP contribution in [0.5, 0.6) is 5.75 Å². The predicted octanol–water partition coefficient (Wildman–Crippen LogP) is 8.30. The fraction of sp³-hybridized carbons (Fsp3) is 0.219. The number of hydrogen-bond donors (Lipinski definition) is 1. The molecule has 3 heteroatoms. The van der Waals surface area contributed by atoms with Gasteiger partial charge in [0.15, 0.2) is 0 Å². The zero-order chi connectivity index (χ0) is 26.1. The number of hydrogen-bond acceptors (Lipinski definition) is 2. The standard InChI is InChI=1S/C9H9N.C8H11N.C8H10O.C7H8/c1-8-4-3-5-9(6-8)7-10-2;1-6-3-4-8(9)7(2)5-6;1-7-4-3-5-8(6-7)9-2;1-7-5-3-2-4-6-7/h3-6H,7H2,1H3;3-5H,9H2,1-2H3;3-6H,1-2H3;2-6H,1H3. The van der Waals surface area contributed by atoms with Gasteiger partial charge in [-0.3, -0.25) is 0 Å². The highest BCUT2D eigenvalue weighted by Crippen LogP contribution is 2.11. The van der Waals surface area contributed by atoms with Gasteiger partial charge in [0.1, 0.15) is 5.75 Å². The zero-order valence-electron chi connectivity index (χ0n) is 21.9.